The van der Waals surface area contributed by atoms with Gasteiger partial charge in [0.2, 0.25) is 0 Å². The third kappa shape index (κ3) is 25.6. The fourth-order valence-electron chi connectivity index (χ4n) is 0.139. The van der Waals surface area contributed by atoms with Crippen molar-refractivity contribution in [3.63, 3.8) is 0 Å². The highest BCUT2D eigenvalue weighted by molar-refractivity contribution is 7.77. The molecule has 0 aromatic rings. The molecule has 11 heavy (non-hydrogen) atoms. The van der Waals surface area contributed by atoms with E-state index < -0.39 is 17.5 Å². The molecule has 2 unspecified atom stereocenters. The van der Waals surface area contributed by atoms with Gasteiger partial charge in [-0.1, -0.05) is 26.7 Å². The maximum absolute atomic E-state index is 9.54. The minimum absolute atomic E-state index is 0.988. The summed E-state index contributed by atoms with van der Waals surface area (Å²) in [5.74, 6) is 0. The molecule has 0 saturated heterocycles. The first-order chi connectivity index (χ1) is 5.04. The van der Waals surface area contributed by atoms with Crippen molar-refractivity contribution < 1.29 is 13.9 Å². The number of hydrogen-bond donors (Lipinski definition) is 2. The lowest BCUT2D eigenvalue weighted by Gasteiger charge is -2.07. The zero-order valence-electron chi connectivity index (χ0n) is 7.16. The predicted octanol–water partition coefficient (Wildman–Crippen LogP) is 0.515. The van der Waals surface area contributed by atoms with Gasteiger partial charge >= 0.3 is 0 Å². The summed E-state index contributed by atoms with van der Waals surface area (Å²) in [5.41, 5.74) is 0. The van der Waals surface area contributed by atoms with Gasteiger partial charge in [0, 0.05) is 11.3 Å². The first-order valence-electron chi connectivity index (χ1n) is 3.58. The normalized spacial score (nSPS) is 14.6. The van der Waals surface area contributed by atoms with Gasteiger partial charge in [-0.2, -0.15) is 0 Å². The molecule has 0 radical (unpaired) electrons. The molecule has 0 heterocycles. The van der Waals surface area contributed by atoms with Crippen LogP contribution in [0.1, 0.15) is 33.6 Å². The Morgan fingerprint density at radius 3 is 1.91 bits per heavy atom. The van der Waals surface area contributed by atoms with Gasteiger partial charge in [-0.25, -0.2) is 4.72 Å². The Kier molecular flexibility index (Phi) is 12.4. The Morgan fingerprint density at radius 2 is 1.91 bits per heavy atom. The number of aliphatic hydroxyl groups is 1. The van der Waals surface area contributed by atoms with Crippen molar-refractivity contribution in [2.24, 2.45) is 0 Å². The summed E-state index contributed by atoms with van der Waals surface area (Å²) < 4.78 is 20.9. The topological polar surface area (TPSA) is 72.4 Å². The number of nitrogens with one attached hydrogen (secondary N) is 1. The van der Waals surface area contributed by atoms with Gasteiger partial charge in [0.25, 0.3) is 0 Å². The number of rotatable bonds is 3. The lowest BCUT2D eigenvalue weighted by Crippen LogP contribution is -2.26. The fourth-order valence-corrected chi connectivity index (χ4v) is 0.418. The van der Waals surface area contributed by atoms with Crippen LogP contribution in [-0.2, 0) is 11.3 Å². The van der Waals surface area contributed by atoms with E-state index in [1.54, 1.807) is 4.72 Å². The zero-order valence-corrected chi connectivity index (χ0v) is 7.98. The van der Waals surface area contributed by atoms with Crippen LogP contribution in [0.25, 0.3) is 0 Å². The molecular formula is C6H16NO3S-. The maximum Gasteiger partial charge on any atom is 0.112 e. The highest BCUT2D eigenvalue weighted by Gasteiger charge is 1.87. The molecule has 0 spiro atoms. The number of aliphatic hydroxyl groups excluding tert-OH is 1. The minimum atomic E-state index is -2.35. The fraction of sp³-hybridized carbons (Fsp3) is 1.00. The highest BCUT2D eigenvalue weighted by Crippen LogP contribution is 1.76. The Bertz CT molecular complexity index is 95.8. The Balaban J connectivity index is 0. The summed E-state index contributed by atoms with van der Waals surface area (Å²) in [4.78, 5) is 0. The lowest BCUT2D eigenvalue weighted by atomic mass is 10.4. The molecule has 5 heteroatoms. The van der Waals surface area contributed by atoms with Crippen LogP contribution in [0.2, 0.25) is 0 Å². The number of unbranched alkanes of at least 4 members (excludes halogenated alkanes) is 1. The van der Waals surface area contributed by atoms with Gasteiger partial charge in [-0.15, -0.1) is 0 Å². The van der Waals surface area contributed by atoms with Gasteiger partial charge in [0.1, 0.15) is 6.23 Å². The maximum atomic E-state index is 9.54. The molecule has 2 N–H and O–H groups in total. The minimum Gasteiger partial charge on any atom is -0.760 e. The van der Waals surface area contributed by atoms with Gasteiger partial charge < -0.3 is 9.66 Å². The summed E-state index contributed by atoms with van der Waals surface area (Å²) in [6.07, 6.45) is 1.65. The van der Waals surface area contributed by atoms with Crippen molar-refractivity contribution in [2.45, 2.75) is 39.8 Å². The first kappa shape index (κ1) is 13.6. The standard InChI is InChI=1S/C4H10.C2H7NO3S/c1-3-4-2;1-2(4)3-7(5)6/h3-4H2,1-2H3;2-4H,1H3,(H,5,6)/p-1. The van der Waals surface area contributed by atoms with E-state index in [1.165, 1.54) is 19.8 Å². The van der Waals surface area contributed by atoms with Crippen molar-refractivity contribution in [3.8, 4) is 0 Å². The molecule has 0 saturated carbocycles. The average Bonchev–Trinajstić information content (AvgIpc) is 1.85. The molecule has 0 aliphatic heterocycles. The smallest absolute Gasteiger partial charge is 0.112 e. The Hall–Kier alpha value is 0.0300. The SMILES string of the molecule is CC(O)NS(=O)[O-].CCCC. The van der Waals surface area contributed by atoms with E-state index in [9.17, 15) is 8.76 Å². The summed E-state index contributed by atoms with van der Waals surface area (Å²) in [6, 6.07) is 0. The second-order valence-corrected chi connectivity index (χ2v) is 2.73. The van der Waals surface area contributed by atoms with Crippen LogP contribution in [0.5, 0.6) is 0 Å². The van der Waals surface area contributed by atoms with Crippen LogP contribution in [0.4, 0.5) is 0 Å². The van der Waals surface area contributed by atoms with Crippen molar-refractivity contribution in [3.05, 3.63) is 0 Å². The molecule has 0 amide bonds. The van der Waals surface area contributed by atoms with E-state index in [-0.39, 0.29) is 0 Å². The van der Waals surface area contributed by atoms with E-state index in [2.05, 4.69) is 13.8 Å². The molecule has 0 aliphatic carbocycles. The summed E-state index contributed by atoms with van der Waals surface area (Å²) in [7, 11) is 0. The van der Waals surface area contributed by atoms with Crippen LogP contribution in [-0.4, -0.2) is 20.1 Å². The quantitative estimate of drug-likeness (QED) is 0.493. The lowest BCUT2D eigenvalue weighted by molar-refractivity contribution is 0.182. The van der Waals surface area contributed by atoms with Gasteiger partial charge in [-0.3, -0.25) is 4.21 Å². The molecule has 0 bridgehead atoms. The van der Waals surface area contributed by atoms with E-state index in [0.717, 1.165) is 0 Å². The van der Waals surface area contributed by atoms with E-state index in [1.807, 2.05) is 0 Å². The molecule has 70 valence electrons. The monoisotopic (exact) mass is 182 g/mol. The van der Waals surface area contributed by atoms with Crippen molar-refractivity contribution in [1.82, 2.24) is 4.72 Å². The number of hydrogen-bond acceptors (Lipinski definition) is 3. The van der Waals surface area contributed by atoms with E-state index in [4.69, 9.17) is 5.11 Å². The van der Waals surface area contributed by atoms with Gasteiger partial charge in [0.05, 0.1) is 0 Å². The van der Waals surface area contributed by atoms with Gasteiger partial charge in [-0.05, 0) is 6.92 Å². The molecule has 2 atom stereocenters. The van der Waals surface area contributed by atoms with Crippen LogP contribution in [0.3, 0.4) is 0 Å². The predicted molar refractivity (Wildman–Crippen MR) is 44.3 cm³/mol. The zero-order chi connectivity index (χ0) is 9.28. The molecule has 0 fully saturated rings. The molecule has 0 rings (SSSR count). The third-order valence-electron chi connectivity index (χ3n) is 0.767. The largest absolute Gasteiger partial charge is 0.760 e. The second-order valence-electron chi connectivity index (χ2n) is 2.03. The van der Waals surface area contributed by atoms with Crippen LogP contribution >= 0.6 is 0 Å². The van der Waals surface area contributed by atoms with Gasteiger partial charge in [0.15, 0.2) is 0 Å². The highest BCUT2D eigenvalue weighted by atomic mass is 32.2. The van der Waals surface area contributed by atoms with E-state index in [0.29, 0.717) is 0 Å². The summed E-state index contributed by atoms with van der Waals surface area (Å²) in [6.45, 7) is 5.68. The molecule has 0 aromatic carbocycles. The Labute approximate surface area is 70.4 Å². The molecule has 0 aliphatic rings. The Morgan fingerprint density at radius 1 is 1.55 bits per heavy atom. The van der Waals surface area contributed by atoms with Crippen LogP contribution in [0.15, 0.2) is 0 Å². The van der Waals surface area contributed by atoms with Crippen molar-refractivity contribution in [1.29, 1.82) is 0 Å². The second kappa shape index (κ2) is 10.0. The molecule has 4 nitrogen and oxygen atoms in total. The first-order valence-corrected chi connectivity index (χ1v) is 4.65. The van der Waals surface area contributed by atoms with Crippen molar-refractivity contribution >= 4 is 11.3 Å². The average molecular weight is 182 g/mol. The molecule has 0 aromatic heterocycles. The van der Waals surface area contributed by atoms with Crippen molar-refractivity contribution in [2.75, 3.05) is 0 Å². The van der Waals surface area contributed by atoms with Crippen LogP contribution in [0, 0.1) is 0 Å². The summed E-state index contributed by atoms with van der Waals surface area (Å²) in [5, 5.41) is 8.22. The van der Waals surface area contributed by atoms with E-state index >= 15 is 0 Å². The third-order valence-corrected chi connectivity index (χ3v) is 1.30. The van der Waals surface area contributed by atoms with Crippen LogP contribution < -0.4 is 4.72 Å². The summed E-state index contributed by atoms with van der Waals surface area (Å²) >= 11 is -2.35. The molecular weight excluding hydrogens is 166 g/mol.